The average Bonchev–Trinajstić information content (AvgIpc) is 2.80. The van der Waals surface area contributed by atoms with Crippen LogP contribution in [0.5, 0.6) is 0 Å². The maximum Gasteiger partial charge on any atom is 0.416 e. The molecule has 0 aromatic heterocycles. The summed E-state index contributed by atoms with van der Waals surface area (Å²) >= 11 is 1.60. The van der Waals surface area contributed by atoms with Crippen molar-refractivity contribution in [2.75, 3.05) is 39.3 Å². The maximum atomic E-state index is 13.6. The summed E-state index contributed by atoms with van der Waals surface area (Å²) in [5, 5.41) is 9.18. The van der Waals surface area contributed by atoms with Gasteiger partial charge in [0.05, 0.1) is 12.2 Å². The molecule has 0 radical (unpaired) electrons. The number of β-amino-alcohol motifs (C(OH)–C–C–N with tert-alkyl or cyclic N) is 1. The zero-order chi connectivity index (χ0) is 22.3. The largest absolute Gasteiger partial charge is 0.416 e. The fraction of sp³-hybridized carbons (Fsp3) is 0.520. The van der Waals surface area contributed by atoms with Gasteiger partial charge in [0.15, 0.2) is 0 Å². The molecule has 1 spiro atoms. The fourth-order valence-corrected chi connectivity index (χ4v) is 7.13. The minimum absolute atomic E-state index is 0.197. The highest BCUT2D eigenvalue weighted by Gasteiger charge is 2.45. The third-order valence-corrected chi connectivity index (χ3v) is 8.75. The van der Waals surface area contributed by atoms with Gasteiger partial charge < -0.3 is 5.11 Å². The van der Waals surface area contributed by atoms with Crippen LogP contribution in [0.1, 0.15) is 42.4 Å². The molecule has 1 saturated heterocycles. The van der Waals surface area contributed by atoms with E-state index in [4.69, 9.17) is 0 Å². The highest BCUT2D eigenvalue weighted by atomic mass is 32.2. The van der Waals surface area contributed by atoms with Gasteiger partial charge >= 0.3 is 6.18 Å². The van der Waals surface area contributed by atoms with E-state index in [9.17, 15) is 18.3 Å². The van der Waals surface area contributed by atoms with Gasteiger partial charge in [0.25, 0.3) is 0 Å². The van der Waals surface area contributed by atoms with Crippen molar-refractivity contribution < 1.29 is 18.3 Å². The van der Waals surface area contributed by atoms with Crippen LogP contribution in [-0.2, 0) is 11.6 Å². The molecule has 0 amide bonds. The molecule has 2 aromatic rings. The van der Waals surface area contributed by atoms with Gasteiger partial charge in [-0.15, -0.1) is 0 Å². The Morgan fingerprint density at radius 1 is 0.938 bits per heavy atom. The molecule has 1 saturated carbocycles. The number of aliphatic hydroxyl groups excluding tert-OH is 1. The lowest BCUT2D eigenvalue weighted by atomic mass is 9.63. The summed E-state index contributed by atoms with van der Waals surface area (Å²) in [4.78, 5) is 6.99. The SMILES string of the molecule is OCCN1CCN(C2CCC3(CC2)c2ccccc2Sc2ccc(C(F)(F)F)cc23)CC1. The summed E-state index contributed by atoms with van der Waals surface area (Å²) in [7, 11) is 0. The van der Waals surface area contributed by atoms with E-state index in [-0.39, 0.29) is 12.0 Å². The molecule has 2 aromatic carbocycles. The second-order valence-electron chi connectivity index (χ2n) is 9.22. The predicted molar refractivity (Wildman–Crippen MR) is 120 cm³/mol. The average molecular weight is 463 g/mol. The summed E-state index contributed by atoms with van der Waals surface area (Å²) in [5.41, 5.74) is 1.18. The number of fused-ring (bicyclic) bond motifs is 4. The van der Waals surface area contributed by atoms with Crippen LogP contribution in [0.2, 0.25) is 0 Å². The molecular weight excluding hydrogens is 433 g/mol. The molecule has 2 fully saturated rings. The van der Waals surface area contributed by atoms with Gasteiger partial charge in [0, 0.05) is 54.0 Å². The highest BCUT2D eigenvalue weighted by Crippen LogP contribution is 2.56. The Labute approximate surface area is 191 Å². The molecule has 32 heavy (non-hydrogen) atoms. The van der Waals surface area contributed by atoms with Crippen LogP contribution in [0.3, 0.4) is 0 Å². The first-order valence-electron chi connectivity index (χ1n) is 11.5. The number of benzene rings is 2. The summed E-state index contributed by atoms with van der Waals surface area (Å²) in [6.45, 7) is 4.87. The Kier molecular flexibility index (Phi) is 6.03. The number of hydrogen-bond donors (Lipinski definition) is 1. The Bertz CT molecular complexity index is 964. The van der Waals surface area contributed by atoms with Gasteiger partial charge in [-0.2, -0.15) is 13.2 Å². The van der Waals surface area contributed by atoms with Crippen LogP contribution < -0.4 is 0 Å². The minimum Gasteiger partial charge on any atom is -0.395 e. The van der Waals surface area contributed by atoms with Gasteiger partial charge in [0.1, 0.15) is 0 Å². The molecule has 3 nitrogen and oxygen atoms in total. The molecule has 0 atom stereocenters. The Morgan fingerprint density at radius 3 is 2.31 bits per heavy atom. The molecule has 0 bridgehead atoms. The quantitative estimate of drug-likeness (QED) is 0.694. The number of nitrogens with zero attached hydrogens (tertiary/aromatic N) is 2. The molecule has 2 heterocycles. The van der Waals surface area contributed by atoms with Crippen LogP contribution in [0.4, 0.5) is 13.2 Å². The van der Waals surface area contributed by atoms with E-state index in [0.29, 0.717) is 6.04 Å². The molecule has 7 heteroatoms. The first-order valence-corrected chi connectivity index (χ1v) is 12.3. The van der Waals surface area contributed by atoms with E-state index in [1.54, 1.807) is 17.8 Å². The molecule has 0 unspecified atom stereocenters. The maximum absolute atomic E-state index is 13.6. The third kappa shape index (κ3) is 3.98. The summed E-state index contributed by atoms with van der Waals surface area (Å²) in [6.07, 6.45) is -0.590. The third-order valence-electron chi connectivity index (χ3n) is 7.59. The summed E-state index contributed by atoms with van der Waals surface area (Å²) in [5.74, 6) is 0. The van der Waals surface area contributed by atoms with Crippen LogP contribution in [0, 0.1) is 0 Å². The fourth-order valence-electron chi connectivity index (χ4n) is 5.88. The van der Waals surface area contributed by atoms with Crippen molar-refractivity contribution in [3.05, 3.63) is 59.2 Å². The second kappa shape index (κ2) is 8.67. The standard InChI is InChI=1S/C25H29F3N2OS/c26-25(27,28)18-5-6-23-21(17-18)24(20-3-1-2-4-22(20)32-23)9-7-19(8-10-24)30-13-11-29(12-14-30)15-16-31/h1-6,17,19,31H,7-16H2. The van der Waals surface area contributed by atoms with E-state index in [1.807, 2.05) is 12.1 Å². The van der Waals surface area contributed by atoms with Crippen LogP contribution in [-0.4, -0.2) is 60.3 Å². The minimum atomic E-state index is -4.33. The number of alkyl halides is 3. The molecule has 1 N–H and O–H groups in total. The predicted octanol–water partition coefficient (Wildman–Crippen LogP) is 5.01. The summed E-state index contributed by atoms with van der Waals surface area (Å²) in [6, 6.07) is 13.1. The highest BCUT2D eigenvalue weighted by molar-refractivity contribution is 7.99. The topological polar surface area (TPSA) is 26.7 Å². The normalized spacial score (nSPS) is 26.7. The Balaban J connectivity index is 1.42. The Morgan fingerprint density at radius 2 is 1.62 bits per heavy atom. The number of halogens is 3. The monoisotopic (exact) mass is 462 g/mol. The van der Waals surface area contributed by atoms with Crippen LogP contribution in [0.15, 0.2) is 52.3 Å². The zero-order valence-electron chi connectivity index (χ0n) is 18.1. The molecular formula is C25H29F3N2OS. The first kappa shape index (κ1) is 22.3. The van der Waals surface area contributed by atoms with E-state index in [2.05, 4.69) is 21.9 Å². The van der Waals surface area contributed by atoms with Gasteiger partial charge in [-0.25, -0.2) is 0 Å². The first-order chi connectivity index (χ1) is 15.4. The lowest BCUT2D eigenvalue weighted by molar-refractivity contribution is -0.137. The van der Waals surface area contributed by atoms with E-state index >= 15 is 0 Å². The number of piperazine rings is 1. The number of hydrogen-bond acceptors (Lipinski definition) is 4. The van der Waals surface area contributed by atoms with Crippen molar-refractivity contribution in [3.63, 3.8) is 0 Å². The van der Waals surface area contributed by atoms with E-state index < -0.39 is 11.7 Å². The van der Waals surface area contributed by atoms with E-state index in [1.165, 1.54) is 22.6 Å². The van der Waals surface area contributed by atoms with Gasteiger partial charge in [-0.1, -0.05) is 30.0 Å². The van der Waals surface area contributed by atoms with Crippen molar-refractivity contribution in [1.29, 1.82) is 0 Å². The van der Waals surface area contributed by atoms with Crippen molar-refractivity contribution in [1.82, 2.24) is 9.80 Å². The second-order valence-corrected chi connectivity index (χ2v) is 10.3. The number of aliphatic hydroxyl groups is 1. The Hall–Kier alpha value is -1.54. The number of rotatable bonds is 3. The molecule has 5 rings (SSSR count). The van der Waals surface area contributed by atoms with Crippen molar-refractivity contribution >= 4 is 11.8 Å². The van der Waals surface area contributed by atoms with Crippen LogP contribution >= 0.6 is 11.8 Å². The molecule has 2 aliphatic heterocycles. The van der Waals surface area contributed by atoms with Gasteiger partial charge in [-0.05, 0) is 61.1 Å². The van der Waals surface area contributed by atoms with Crippen molar-refractivity contribution in [3.8, 4) is 0 Å². The summed E-state index contributed by atoms with van der Waals surface area (Å²) < 4.78 is 40.7. The van der Waals surface area contributed by atoms with Gasteiger partial charge in [-0.3, -0.25) is 9.80 Å². The van der Waals surface area contributed by atoms with Crippen molar-refractivity contribution in [2.24, 2.45) is 0 Å². The van der Waals surface area contributed by atoms with Crippen LogP contribution in [0.25, 0.3) is 0 Å². The zero-order valence-corrected chi connectivity index (χ0v) is 18.9. The lowest BCUT2D eigenvalue weighted by Crippen LogP contribution is -2.52. The lowest BCUT2D eigenvalue weighted by Gasteiger charge is -2.48. The van der Waals surface area contributed by atoms with Crippen molar-refractivity contribution in [2.45, 2.75) is 53.1 Å². The molecule has 3 aliphatic rings. The van der Waals surface area contributed by atoms with Gasteiger partial charge in [0.2, 0.25) is 0 Å². The smallest absolute Gasteiger partial charge is 0.395 e. The van der Waals surface area contributed by atoms with E-state index in [0.717, 1.165) is 68.9 Å². The molecule has 1 aliphatic carbocycles. The molecule has 172 valence electrons.